The number of aryl methyl sites for hydroxylation is 3. The van der Waals surface area contributed by atoms with Gasteiger partial charge in [-0.15, -0.1) is 0 Å². The summed E-state index contributed by atoms with van der Waals surface area (Å²) in [6.07, 6.45) is 1.79. The van der Waals surface area contributed by atoms with E-state index < -0.39 is 0 Å². The Hall–Kier alpha value is -1.16. The van der Waals surface area contributed by atoms with E-state index in [2.05, 4.69) is 26.0 Å². The average Bonchev–Trinajstić information content (AvgIpc) is 2.45. The molecule has 0 saturated carbocycles. The van der Waals surface area contributed by atoms with Gasteiger partial charge < -0.3 is 0 Å². The summed E-state index contributed by atoms with van der Waals surface area (Å²) in [7, 11) is 0. The number of hydrogen-bond donors (Lipinski definition) is 0. The summed E-state index contributed by atoms with van der Waals surface area (Å²) < 4.78 is 2.86. The van der Waals surface area contributed by atoms with E-state index in [-0.39, 0.29) is 0 Å². The van der Waals surface area contributed by atoms with E-state index in [1.165, 1.54) is 0 Å². The van der Waals surface area contributed by atoms with Crippen LogP contribution in [0.5, 0.6) is 0 Å². The second-order valence-corrected chi connectivity index (χ2v) is 4.55. The third-order valence-electron chi connectivity index (χ3n) is 2.23. The lowest BCUT2D eigenvalue weighted by Gasteiger charge is -2.06. The number of halogens is 1. The number of rotatable bonds is 1. The van der Waals surface area contributed by atoms with Gasteiger partial charge in [-0.25, -0.2) is 9.67 Å². The molecule has 2 aromatic rings. The SMILES string of the molecule is Cc1cc(C)n(-c2ncc(Br)cc2C)n1. The van der Waals surface area contributed by atoms with Crippen LogP contribution in [0.1, 0.15) is 17.0 Å². The van der Waals surface area contributed by atoms with E-state index >= 15 is 0 Å². The van der Waals surface area contributed by atoms with Crippen LogP contribution in [0.4, 0.5) is 0 Å². The van der Waals surface area contributed by atoms with Crippen molar-refractivity contribution in [3.05, 3.63) is 39.8 Å². The van der Waals surface area contributed by atoms with Crippen LogP contribution < -0.4 is 0 Å². The molecule has 0 amide bonds. The second-order valence-electron chi connectivity index (χ2n) is 3.63. The predicted octanol–water partition coefficient (Wildman–Crippen LogP) is 2.96. The van der Waals surface area contributed by atoms with Crippen LogP contribution in [0.15, 0.2) is 22.8 Å². The fourth-order valence-electron chi connectivity index (χ4n) is 1.60. The zero-order valence-electron chi connectivity index (χ0n) is 8.95. The van der Waals surface area contributed by atoms with Gasteiger partial charge in [0.15, 0.2) is 5.82 Å². The van der Waals surface area contributed by atoms with Crippen molar-refractivity contribution in [2.45, 2.75) is 20.8 Å². The molecule has 15 heavy (non-hydrogen) atoms. The van der Waals surface area contributed by atoms with Gasteiger partial charge in [-0.3, -0.25) is 0 Å². The Balaban J connectivity index is 2.59. The minimum Gasteiger partial charge on any atom is -0.236 e. The smallest absolute Gasteiger partial charge is 0.156 e. The summed E-state index contributed by atoms with van der Waals surface area (Å²) >= 11 is 3.40. The Morgan fingerprint density at radius 2 is 1.93 bits per heavy atom. The fourth-order valence-corrected chi connectivity index (χ4v) is 2.04. The Morgan fingerprint density at radius 3 is 2.47 bits per heavy atom. The average molecular weight is 266 g/mol. The van der Waals surface area contributed by atoms with Crippen LogP contribution in [0, 0.1) is 20.8 Å². The molecule has 0 aromatic carbocycles. The largest absolute Gasteiger partial charge is 0.236 e. The molecule has 0 N–H and O–H groups in total. The van der Waals surface area contributed by atoms with Gasteiger partial charge in [-0.2, -0.15) is 5.10 Å². The molecule has 4 heteroatoms. The lowest BCUT2D eigenvalue weighted by molar-refractivity contribution is 0.798. The molecule has 0 fully saturated rings. The van der Waals surface area contributed by atoms with Gasteiger partial charge in [0.25, 0.3) is 0 Å². The number of hydrogen-bond acceptors (Lipinski definition) is 2. The summed E-state index contributed by atoms with van der Waals surface area (Å²) in [6.45, 7) is 6.05. The minimum absolute atomic E-state index is 0.892. The van der Waals surface area contributed by atoms with E-state index in [9.17, 15) is 0 Å². The van der Waals surface area contributed by atoms with Crippen molar-refractivity contribution < 1.29 is 0 Å². The molecule has 3 nitrogen and oxygen atoms in total. The molecular weight excluding hydrogens is 254 g/mol. The molecule has 0 aliphatic rings. The Bertz CT molecular complexity index is 503. The van der Waals surface area contributed by atoms with Crippen molar-refractivity contribution in [2.24, 2.45) is 0 Å². The molecule has 2 rings (SSSR count). The standard InChI is InChI=1S/C11H12BrN3/c1-7-4-10(12)6-13-11(7)15-9(3)5-8(2)14-15/h4-6H,1-3H3. The fraction of sp³-hybridized carbons (Fsp3) is 0.273. The van der Waals surface area contributed by atoms with Gasteiger partial charge in [0, 0.05) is 16.4 Å². The minimum atomic E-state index is 0.892. The van der Waals surface area contributed by atoms with E-state index in [1.54, 1.807) is 6.20 Å². The Labute approximate surface area is 97.3 Å². The van der Waals surface area contributed by atoms with Crippen LogP contribution in [0.2, 0.25) is 0 Å². The summed E-state index contributed by atoms with van der Waals surface area (Å²) in [5.74, 6) is 0.892. The van der Waals surface area contributed by atoms with Gasteiger partial charge in [0.05, 0.1) is 5.69 Å². The molecule has 0 spiro atoms. The maximum atomic E-state index is 4.41. The molecule has 0 saturated heterocycles. The number of aromatic nitrogens is 3. The highest BCUT2D eigenvalue weighted by atomic mass is 79.9. The molecule has 0 radical (unpaired) electrons. The quantitative estimate of drug-likeness (QED) is 0.794. The maximum Gasteiger partial charge on any atom is 0.156 e. The first-order chi connectivity index (χ1) is 7.08. The molecule has 0 bridgehead atoms. The second kappa shape index (κ2) is 3.77. The molecule has 0 atom stereocenters. The molecular formula is C11H12BrN3. The normalized spacial score (nSPS) is 10.7. The first-order valence-corrected chi connectivity index (χ1v) is 5.53. The van der Waals surface area contributed by atoms with Crippen LogP contribution in [0.3, 0.4) is 0 Å². The van der Waals surface area contributed by atoms with Crippen LogP contribution in [-0.2, 0) is 0 Å². The third kappa shape index (κ3) is 1.95. The van der Waals surface area contributed by atoms with Crippen LogP contribution in [0.25, 0.3) is 5.82 Å². The van der Waals surface area contributed by atoms with E-state index in [0.29, 0.717) is 0 Å². The van der Waals surface area contributed by atoms with Crippen molar-refractivity contribution in [3.8, 4) is 5.82 Å². The van der Waals surface area contributed by atoms with Crippen molar-refractivity contribution >= 4 is 15.9 Å². The topological polar surface area (TPSA) is 30.7 Å². The van der Waals surface area contributed by atoms with Crippen molar-refractivity contribution in [1.82, 2.24) is 14.8 Å². The Kier molecular flexibility index (Phi) is 2.61. The zero-order valence-corrected chi connectivity index (χ0v) is 10.5. The lowest BCUT2D eigenvalue weighted by atomic mass is 10.3. The zero-order chi connectivity index (χ0) is 11.0. The van der Waals surface area contributed by atoms with Gasteiger partial charge in [0.2, 0.25) is 0 Å². The first kappa shape index (κ1) is 10.4. The van der Waals surface area contributed by atoms with Crippen molar-refractivity contribution in [1.29, 1.82) is 0 Å². The monoisotopic (exact) mass is 265 g/mol. The third-order valence-corrected chi connectivity index (χ3v) is 2.66. The van der Waals surface area contributed by atoms with Crippen molar-refractivity contribution in [2.75, 3.05) is 0 Å². The highest BCUT2D eigenvalue weighted by Crippen LogP contribution is 2.17. The molecule has 2 heterocycles. The maximum absolute atomic E-state index is 4.41. The van der Waals surface area contributed by atoms with Gasteiger partial charge in [-0.1, -0.05) is 0 Å². The highest BCUT2D eigenvalue weighted by Gasteiger charge is 2.07. The van der Waals surface area contributed by atoms with Crippen LogP contribution >= 0.6 is 15.9 Å². The molecule has 0 unspecified atom stereocenters. The van der Waals surface area contributed by atoms with Crippen LogP contribution in [-0.4, -0.2) is 14.8 Å². The van der Waals surface area contributed by atoms with Crippen molar-refractivity contribution in [3.63, 3.8) is 0 Å². The first-order valence-electron chi connectivity index (χ1n) is 4.73. The van der Waals surface area contributed by atoms with E-state index in [4.69, 9.17) is 0 Å². The summed E-state index contributed by atoms with van der Waals surface area (Å²) in [6, 6.07) is 4.09. The van der Waals surface area contributed by atoms with E-state index in [0.717, 1.165) is 27.2 Å². The number of pyridine rings is 1. The molecule has 2 aromatic heterocycles. The van der Waals surface area contributed by atoms with Gasteiger partial charge in [0.1, 0.15) is 0 Å². The summed E-state index contributed by atoms with van der Waals surface area (Å²) in [5, 5.41) is 4.41. The molecule has 0 aliphatic carbocycles. The lowest BCUT2D eigenvalue weighted by Crippen LogP contribution is -2.04. The number of nitrogens with zero attached hydrogens (tertiary/aromatic N) is 3. The molecule has 0 aliphatic heterocycles. The Morgan fingerprint density at radius 1 is 1.20 bits per heavy atom. The van der Waals surface area contributed by atoms with Gasteiger partial charge >= 0.3 is 0 Å². The van der Waals surface area contributed by atoms with E-state index in [1.807, 2.05) is 37.6 Å². The predicted molar refractivity (Wildman–Crippen MR) is 63.3 cm³/mol. The highest BCUT2D eigenvalue weighted by molar-refractivity contribution is 9.10. The molecule has 78 valence electrons. The summed E-state index contributed by atoms with van der Waals surface area (Å²) in [4.78, 5) is 4.38. The summed E-state index contributed by atoms with van der Waals surface area (Å²) in [5.41, 5.74) is 3.22. The van der Waals surface area contributed by atoms with Gasteiger partial charge in [-0.05, 0) is 54.4 Å².